The molecule has 0 aliphatic heterocycles. The van der Waals surface area contributed by atoms with Crippen molar-refractivity contribution >= 4 is 7.82 Å². The maximum absolute atomic E-state index is 12.1. The molecule has 0 aliphatic carbocycles. The van der Waals surface area contributed by atoms with Crippen molar-refractivity contribution in [1.82, 2.24) is 0 Å². The Morgan fingerprint density at radius 1 is 0.590 bits per heavy atom. The first kappa shape index (κ1) is 39.0. The van der Waals surface area contributed by atoms with E-state index in [1.807, 2.05) is 0 Å². The number of aliphatic hydroxyl groups excluding tert-OH is 2. The summed E-state index contributed by atoms with van der Waals surface area (Å²) in [5.41, 5.74) is 0. The molecule has 3 atom stereocenters. The molecule has 0 amide bonds. The van der Waals surface area contributed by atoms with Crippen molar-refractivity contribution in [2.75, 3.05) is 39.6 Å². The van der Waals surface area contributed by atoms with Gasteiger partial charge in [0.15, 0.2) is 0 Å². The zero-order valence-electron chi connectivity index (χ0n) is 25.4. The monoisotopic (exact) mass is 582 g/mol. The topological polar surface area (TPSA) is 115 Å². The molecule has 3 N–H and O–H groups in total. The smallest absolute Gasteiger partial charge is 0.394 e. The predicted octanol–water partition coefficient (Wildman–Crippen LogP) is 7.72. The van der Waals surface area contributed by atoms with Crippen LogP contribution in [0.4, 0.5) is 0 Å². The van der Waals surface area contributed by atoms with E-state index >= 15 is 0 Å². The van der Waals surface area contributed by atoms with Crippen molar-refractivity contribution < 1.29 is 38.2 Å². The van der Waals surface area contributed by atoms with Crippen LogP contribution in [-0.4, -0.2) is 67.0 Å². The summed E-state index contributed by atoms with van der Waals surface area (Å²) in [7, 11) is -4.36. The zero-order chi connectivity index (χ0) is 28.9. The minimum absolute atomic E-state index is 0.140. The van der Waals surface area contributed by atoms with Gasteiger partial charge in [-0.1, -0.05) is 129 Å². The molecule has 0 aliphatic rings. The third kappa shape index (κ3) is 29.2. The fourth-order valence-corrected chi connectivity index (χ4v) is 5.13. The van der Waals surface area contributed by atoms with Crippen LogP contribution in [0.25, 0.3) is 0 Å². The van der Waals surface area contributed by atoms with Gasteiger partial charge in [-0.15, -0.1) is 0 Å². The van der Waals surface area contributed by atoms with Crippen molar-refractivity contribution in [1.29, 1.82) is 0 Å². The molecule has 0 aromatic carbocycles. The fraction of sp³-hybridized carbons (Fsp3) is 1.00. The van der Waals surface area contributed by atoms with Gasteiger partial charge in [0.2, 0.25) is 0 Å². The molecule has 2 unspecified atom stereocenters. The molecular formula is C30H63O8P. The molecule has 0 spiro atoms. The number of rotatable bonds is 32. The summed E-state index contributed by atoms with van der Waals surface area (Å²) in [6.07, 6.45) is 23.4. The molecule has 0 fully saturated rings. The Labute approximate surface area is 240 Å². The standard InChI is InChI=1S/C30H63O8P/c1-3-5-7-9-11-13-15-17-19-21-23-35-27-30(28-38-39(33,34)37-26-29(32)25-31)36-24-22-20-18-16-14-12-10-8-6-4-2/h29-32H,3-28H2,1-2H3,(H,33,34)/t29?,30-/m1/s1. The molecule has 9 heteroatoms. The Kier molecular flexibility index (Phi) is 29.4. The van der Waals surface area contributed by atoms with Crippen molar-refractivity contribution in [2.45, 2.75) is 154 Å². The summed E-state index contributed by atoms with van der Waals surface area (Å²) in [4.78, 5) is 9.86. The van der Waals surface area contributed by atoms with Gasteiger partial charge >= 0.3 is 7.82 Å². The summed E-state index contributed by atoms with van der Waals surface area (Å²) in [6.45, 7) is 4.77. The molecule has 0 rings (SSSR count). The second-order valence-corrected chi connectivity index (χ2v) is 12.3. The first-order valence-corrected chi connectivity index (χ1v) is 17.5. The fourth-order valence-electron chi connectivity index (χ4n) is 4.34. The van der Waals surface area contributed by atoms with Crippen LogP contribution < -0.4 is 0 Å². The summed E-state index contributed by atoms with van der Waals surface area (Å²) < 4.78 is 33.7. The van der Waals surface area contributed by atoms with Crippen molar-refractivity contribution in [3.05, 3.63) is 0 Å². The molecule has 0 bridgehead atoms. The van der Waals surface area contributed by atoms with Crippen LogP contribution in [-0.2, 0) is 23.1 Å². The van der Waals surface area contributed by atoms with Crippen molar-refractivity contribution in [3.8, 4) is 0 Å². The zero-order valence-corrected chi connectivity index (χ0v) is 26.3. The minimum Gasteiger partial charge on any atom is -0.394 e. The minimum atomic E-state index is -4.36. The summed E-state index contributed by atoms with van der Waals surface area (Å²) in [6, 6.07) is 0. The van der Waals surface area contributed by atoms with E-state index in [0.717, 1.165) is 25.7 Å². The largest absolute Gasteiger partial charge is 0.472 e. The highest BCUT2D eigenvalue weighted by Crippen LogP contribution is 2.43. The number of aliphatic hydroxyl groups is 2. The van der Waals surface area contributed by atoms with Crippen LogP contribution in [0.5, 0.6) is 0 Å². The lowest BCUT2D eigenvalue weighted by atomic mass is 10.1. The van der Waals surface area contributed by atoms with E-state index in [0.29, 0.717) is 13.2 Å². The predicted molar refractivity (Wildman–Crippen MR) is 159 cm³/mol. The SMILES string of the molecule is CCCCCCCCCCCCOC[C@H](COP(=O)(O)OCC(O)CO)OCCCCCCCCCCCC. The van der Waals surface area contributed by atoms with Crippen LogP contribution in [0, 0.1) is 0 Å². The molecule has 0 saturated carbocycles. The lowest BCUT2D eigenvalue weighted by molar-refractivity contribution is -0.0462. The van der Waals surface area contributed by atoms with Crippen LogP contribution in [0.1, 0.15) is 142 Å². The summed E-state index contributed by atoms with van der Waals surface area (Å²) in [5, 5.41) is 18.2. The lowest BCUT2D eigenvalue weighted by Gasteiger charge is -2.20. The van der Waals surface area contributed by atoms with E-state index in [4.69, 9.17) is 23.6 Å². The molecule has 0 aromatic rings. The van der Waals surface area contributed by atoms with Gasteiger partial charge in [0.25, 0.3) is 0 Å². The average molecular weight is 583 g/mol. The van der Waals surface area contributed by atoms with Gasteiger partial charge in [-0.25, -0.2) is 4.57 Å². The van der Waals surface area contributed by atoms with E-state index < -0.39 is 33.2 Å². The Balaban J connectivity index is 4.13. The third-order valence-corrected chi connectivity index (χ3v) is 7.81. The molecule has 39 heavy (non-hydrogen) atoms. The van der Waals surface area contributed by atoms with E-state index in [1.165, 1.54) is 103 Å². The van der Waals surface area contributed by atoms with Gasteiger partial charge in [-0.05, 0) is 12.8 Å². The Morgan fingerprint density at radius 2 is 1.00 bits per heavy atom. The van der Waals surface area contributed by atoms with E-state index in [-0.39, 0.29) is 13.2 Å². The second-order valence-electron chi connectivity index (χ2n) is 10.8. The normalized spacial score (nSPS) is 14.9. The third-order valence-electron chi connectivity index (χ3n) is 6.86. The van der Waals surface area contributed by atoms with Crippen LogP contribution >= 0.6 is 7.82 Å². The van der Waals surface area contributed by atoms with E-state index in [9.17, 15) is 14.6 Å². The first-order valence-electron chi connectivity index (χ1n) is 16.0. The molecule has 0 heterocycles. The van der Waals surface area contributed by atoms with Crippen LogP contribution in [0.3, 0.4) is 0 Å². The van der Waals surface area contributed by atoms with Gasteiger partial charge in [-0.2, -0.15) is 0 Å². The number of hydrogen-bond acceptors (Lipinski definition) is 7. The molecule has 236 valence electrons. The van der Waals surface area contributed by atoms with Gasteiger partial charge in [0.1, 0.15) is 12.2 Å². The van der Waals surface area contributed by atoms with Crippen molar-refractivity contribution in [2.24, 2.45) is 0 Å². The highest BCUT2D eigenvalue weighted by Gasteiger charge is 2.25. The second kappa shape index (κ2) is 29.4. The number of phosphoric ester groups is 1. The average Bonchev–Trinajstić information content (AvgIpc) is 2.93. The summed E-state index contributed by atoms with van der Waals surface area (Å²) >= 11 is 0. The highest BCUT2D eigenvalue weighted by atomic mass is 31.2. The quantitative estimate of drug-likeness (QED) is 0.0546. The van der Waals surface area contributed by atoms with Crippen LogP contribution in [0.15, 0.2) is 0 Å². The summed E-state index contributed by atoms with van der Waals surface area (Å²) in [5.74, 6) is 0. The van der Waals surface area contributed by atoms with Gasteiger partial charge in [0, 0.05) is 13.2 Å². The molecule has 8 nitrogen and oxygen atoms in total. The van der Waals surface area contributed by atoms with Crippen molar-refractivity contribution in [3.63, 3.8) is 0 Å². The maximum atomic E-state index is 12.1. The highest BCUT2D eigenvalue weighted by molar-refractivity contribution is 7.47. The van der Waals surface area contributed by atoms with E-state index in [2.05, 4.69) is 13.8 Å². The number of phosphoric acid groups is 1. The lowest BCUT2D eigenvalue weighted by Crippen LogP contribution is -2.27. The first-order chi connectivity index (χ1) is 18.9. The number of hydrogen-bond donors (Lipinski definition) is 3. The number of ether oxygens (including phenoxy) is 2. The van der Waals surface area contributed by atoms with Gasteiger partial charge in [-0.3, -0.25) is 9.05 Å². The molecule has 0 radical (unpaired) electrons. The number of unbranched alkanes of at least 4 members (excludes halogenated alkanes) is 18. The molecular weight excluding hydrogens is 519 g/mol. The molecule has 0 aromatic heterocycles. The van der Waals surface area contributed by atoms with Gasteiger partial charge < -0.3 is 24.6 Å². The molecule has 0 saturated heterocycles. The van der Waals surface area contributed by atoms with E-state index in [1.54, 1.807) is 0 Å². The Bertz CT molecular complexity index is 537. The van der Waals surface area contributed by atoms with Crippen LogP contribution in [0.2, 0.25) is 0 Å². The Morgan fingerprint density at radius 3 is 1.46 bits per heavy atom. The van der Waals surface area contributed by atoms with Gasteiger partial charge in [0.05, 0.1) is 26.4 Å². The Hall–Kier alpha value is -0.0500. The maximum Gasteiger partial charge on any atom is 0.472 e.